The van der Waals surface area contributed by atoms with E-state index in [1.54, 1.807) is 5.56 Å². The Bertz CT molecular complexity index is 1570. The Balaban J connectivity index is 1.18. The number of nitrogens with zero attached hydrogens (tertiary/aromatic N) is 2. The van der Waals surface area contributed by atoms with Crippen molar-refractivity contribution >= 4 is 68.6 Å². The number of benzene rings is 2. The fourth-order valence-corrected chi connectivity index (χ4v) is 10.0. The van der Waals surface area contributed by atoms with Gasteiger partial charge < -0.3 is 4.90 Å². The molecule has 2 aromatic carbocycles. The van der Waals surface area contributed by atoms with Crippen molar-refractivity contribution in [2.45, 2.75) is 53.7 Å². The van der Waals surface area contributed by atoms with E-state index >= 15 is 0 Å². The molecular formula is C32H33N2S4+. The highest BCUT2D eigenvalue weighted by Crippen LogP contribution is 2.50. The third-order valence-electron chi connectivity index (χ3n) is 8.29. The summed E-state index contributed by atoms with van der Waals surface area (Å²) in [6.07, 6.45) is 18.2. The predicted octanol–water partition coefficient (Wildman–Crippen LogP) is 9.01. The molecule has 0 saturated carbocycles. The van der Waals surface area contributed by atoms with Crippen molar-refractivity contribution in [1.82, 2.24) is 0 Å². The van der Waals surface area contributed by atoms with Gasteiger partial charge in [0.25, 0.3) is 5.01 Å². The number of aryl methyl sites for hydroxylation is 2. The molecule has 2 aliphatic carbocycles. The topological polar surface area (TPSA) is 7.12 Å². The summed E-state index contributed by atoms with van der Waals surface area (Å²) in [5.74, 6) is 1.95. The fourth-order valence-electron chi connectivity index (χ4n) is 6.16. The van der Waals surface area contributed by atoms with E-state index < -0.39 is 0 Å². The van der Waals surface area contributed by atoms with Crippen LogP contribution in [0.4, 0.5) is 5.69 Å². The summed E-state index contributed by atoms with van der Waals surface area (Å²) in [5.41, 5.74) is 8.78. The van der Waals surface area contributed by atoms with Gasteiger partial charge in [-0.3, -0.25) is 0 Å². The van der Waals surface area contributed by atoms with Crippen LogP contribution in [0.2, 0.25) is 0 Å². The Hall–Kier alpha value is -1.86. The number of thioether (sulfide) groups is 3. The van der Waals surface area contributed by atoms with Crippen LogP contribution < -0.4 is 9.47 Å². The Morgan fingerprint density at radius 3 is 2.82 bits per heavy atom. The number of allylic oxidation sites excluding steroid dienone is 6. The largest absolute Gasteiger partial charge is 0.335 e. The third-order valence-corrected chi connectivity index (χ3v) is 12.4. The molecule has 3 heterocycles. The smallest absolute Gasteiger partial charge is 0.262 e. The Morgan fingerprint density at radius 2 is 1.95 bits per heavy atom. The first kappa shape index (κ1) is 25.1. The average Bonchev–Trinajstić information content (AvgIpc) is 3.61. The summed E-state index contributed by atoms with van der Waals surface area (Å²) in [6.45, 7) is 3.30. The van der Waals surface area contributed by atoms with Crippen molar-refractivity contribution in [2.24, 2.45) is 13.0 Å². The minimum absolute atomic E-state index is 0.713. The molecule has 6 heteroatoms. The number of aromatic nitrogens is 1. The van der Waals surface area contributed by atoms with Crippen LogP contribution in [0.15, 0.2) is 85.0 Å². The molecule has 0 N–H and O–H groups in total. The van der Waals surface area contributed by atoms with Gasteiger partial charge in [0.1, 0.15) is 11.7 Å². The lowest BCUT2D eigenvalue weighted by atomic mass is 9.77. The van der Waals surface area contributed by atoms with Gasteiger partial charge in [0.15, 0.2) is 0 Å². The first-order valence-electron chi connectivity index (χ1n) is 13.7. The second kappa shape index (κ2) is 10.3. The van der Waals surface area contributed by atoms with Crippen molar-refractivity contribution in [3.05, 3.63) is 80.9 Å². The quantitative estimate of drug-likeness (QED) is 0.227. The third kappa shape index (κ3) is 4.51. The highest BCUT2D eigenvalue weighted by Gasteiger charge is 2.29. The molecule has 1 aromatic heterocycles. The van der Waals surface area contributed by atoms with E-state index in [0.717, 1.165) is 6.54 Å². The lowest BCUT2D eigenvalue weighted by Crippen LogP contribution is -2.29. The van der Waals surface area contributed by atoms with Gasteiger partial charge in [0.05, 0.1) is 10.7 Å². The Morgan fingerprint density at radius 1 is 1.05 bits per heavy atom. The van der Waals surface area contributed by atoms with E-state index in [9.17, 15) is 0 Å². The summed E-state index contributed by atoms with van der Waals surface area (Å²) in [6, 6.07) is 11.7. The molecule has 3 aromatic rings. The zero-order valence-electron chi connectivity index (χ0n) is 22.3. The molecule has 1 atom stereocenters. The molecule has 194 valence electrons. The molecule has 2 nitrogen and oxygen atoms in total. The van der Waals surface area contributed by atoms with Gasteiger partial charge in [-0.1, -0.05) is 35.3 Å². The van der Waals surface area contributed by atoms with Crippen LogP contribution in [0.25, 0.3) is 16.3 Å². The molecule has 0 fully saturated rings. The summed E-state index contributed by atoms with van der Waals surface area (Å²) >= 11 is 7.71. The minimum Gasteiger partial charge on any atom is -0.335 e. The normalized spacial score (nSPS) is 22.6. The SMILES string of the molecule is CCN1/C(=C/C2=CC3=C/C(=C/c4sc5ccc(SC)cc5[n+]4C)CCC3CC2)Sc2cc3c(cc21)SCC3. The number of thiazole rings is 1. The van der Waals surface area contributed by atoms with Gasteiger partial charge in [-0.2, -0.15) is 4.57 Å². The molecule has 4 aliphatic rings. The second-order valence-electron chi connectivity index (χ2n) is 10.5. The average molecular weight is 574 g/mol. The maximum atomic E-state index is 2.52. The van der Waals surface area contributed by atoms with Crippen LogP contribution in [0.5, 0.6) is 0 Å². The fraction of sp³-hybridized carbons (Fsp3) is 0.344. The lowest BCUT2D eigenvalue weighted by Gasteiger charge is -2.28. The number of rotatable bonds is 4. The first-order chi connectivity index (χ1) is 18.6. The van der Waals surface area contributed by atoms with E-state index in [0.29, 0.717) is 5.92 Å². The number of fused-ring (bicyclic) bond motifs is 4. The molecule has 0 bridgehead atoms. The minimum atomic E-state index is 0.713. The van der Waals surface area contributed by atoms with E-state index in [2.05, 4.69) is 84.3 Å². The Kier molecular flexibility index (Phi) is 6.79. The van der Waals surface area contributed by atoms with Gasteiger partial charge in [0, 0.05) is 39.1 Å². The van der Waals surface area contributed by atoms with Crippen molar-refractivity contribution in [1.29, 1.82) is 0 Å². The van der Waals surface area contributed by atoms with E-state index in [4.69, 9.17) is 0 Å². The number of anilines is 1. The molecule has 1 unspecified atom stereocenters. The second-order valence-corrected chi connectivity index (χ2v) is 14.7. The van der Waals surface area contributed by atoms with E-state index in [1.807, 2.05) is 46.6 Å². The molecule has 0 radical (unpaired) electrons. The summed E-state index contributed by atoms with van der Waals surface area (Å²) in [5, 5.41) is 2.74. The van der Waals surface area contributed by atoms with Crippen LogP contribution in [-0.2, 0) is 13.5 Å². The number of hydrogen-bond donors (Lipinski definition) is 0. The van der Waals surface area contributed by atoms with Crippen LogP contribution >= 0.6 is 46.6 Å². The maximum absolute atomic E-state index is 2.52. The maximum Gasteiger partial charge on any atom is 0.262 e. The van der Waals surface area contributed by atoms with Crippen molar-refractivity contribution in [3.63, 3.8) is 0 Å². The zero-order chi connectivity index (χ0) is 25.8. The molecule has 0 amide bonds. The van der Waals surface area contributed by atoms with Crippen molar-refractivity contribution < 1.29 is 4.57 Å². The van der Waals surface area contributed by atoms with Crippen LogP contribution in [0, 0.1) is 5.92 Å². The molecule has 2 aliphatic heterocycles. The van der Waals surface area contributed by atoms with Gasteiger partial charge in [-0.05, 0) is 104 Å². The van der Waals surface area contributed by atoms with Crippen LogP contribution in [0.3, 0.4) is 0 Å². The first-order valence-corrected chi connectivity index (χ1v) is 17.5. The molecular weight excluding hydrogens is 541 g/mol. The molecule has 38 heavy (non-hydrogen) atoms. The summed E-state index contributed by atoms with van der Waals surface area (Å²) in [4.78, 5) is 6.79. The highest BCUT2D eigenvalue weighted by molar-refractivity contribution is 8.03. The summed E-state index contributed by atoms with van der Waals surface area (Å²) in [7, 11) is 2.21. The molecule has 0 saturated heterocycles. The van der Waals surface area contributed by atoms with Crippen molar-refractivity contribution in [3.8, 4) is 0 Å². The molecule has 0 spiro atoms. The van der Waals surface area contributed by atoms with Crippen LogP contribution in [-0.4, -0.2) is 18.6 Å². The standard InChI is InChI=1S/C32H33N2S4/c1-4-34-27-19-29-23(11-12-36-29)17-30(27)38-32(34)16-21-6-8-22-7-5-20(13-24(22)14-21)15-31-33(2)26-18-25(35-3)9-10-28(26)37-31/h9-10,13-19,22H,4-8,11-12H2,1-3H3/q+1. The van der Waals surface area contributed by atoms with Gasteiger partial charge in [-0.25, -0.2) is 0 Å². The Labute approximate surface area is 243 Å². The van der Waals surface area contributed by atoms with Crippen LogP contribution in [0.1, 0.15) is 43.2 Å². The number of hydrogen-bond acceptors (Lipinski definition) is 5. The van der Waals surface area contributed by atoms with Crippen molar-refractivity contribution in [2.75, 3.05) is 23.5 Å². The summed E-state index contributed by atoms with van der Waals surface area (Å²) < 4.78 is 3.73. The predicted molar refractivity (Wildman–Crippen MR) is 169 cm³/mol. The van der Waals surface area contributed by atoms with E-state index in [-0.39, 0.29) is 0 Å². The van der Waals surface area contributed by atoms with Gasteiger partial charge >= 0.3 is 0 Å². The molecule has 7 rings (SSSR count). The lowest BCUT2D eigenvalue weighted by molar-refractivity contribution is -0.642. The monoisotopic (exact) mass is 573 g/mol. The highest BCUT2D eigenvalue weighted by atomic mass is 32.2. The van der Waals surface area contributed by atoms with E-state index in [1.165, 1.54) is 95.2 Å². The zero-order valence-corrected chi connectivity index (χ0v) is 25.5. The van der Waals surface area contributed by atoms with Gasteiger partial charge in [0.2, 0.25) is 5.52 Å². The van der Waals surface area contributed by atoms with Gasteiger partial charge in [-0.15, -0.1) is 23.5 Å².